The highest BCUT2D eigenvalue weighted by Crippen LogP contribution is 2.37. The molecule has 1 fully saturated rings. The van der Waals surface area contributed by atoms with E-state index in [2.05, 4.69) is 5.10 Å². The summed E-state index contributed by atoms with van der Waals surface area (Å²) in [5.41, 5.74) is 3.00. The summed E-state index contributed by atoms with van der Waals surface area (Å²) in [6.45, 7) is 0.891. The number of hydrogen-bond donors (Lipinski definition) is 0. The molecule has 0 bridgehead atoms. The molecule has 1 saturated heterocycles. The summed E-state index contributed by atoms with van der Waals surface area (Å²) in [5, 5.41) is 4.29. The maximum Gasteiger partial charge on any atom is 0.163 e. The average molecular weight is 370 g/mol. The normalized spacial score (nSPS) is 16.6. The van der Waals surface area contributed by atoms with Gasteiger partial charge in [0.05, 0.1) is 25.5 Å². The van der Waals surface area contributed by atoms with Crippen LogP contribution in [0.5, 0.6) is 5.75 Å². The molecule has 27 heavy (non-hydrogen) atoms. The van der Waals surface area contributed by atoms with E-state index in [-0.39, 0.29) is 18.2 Å². The Labute approximate surface area is 156 Å². The summed E-state index contributed by atoms with van der Waals surface area (Å²) in [5.74, 6) is -0.909. The van der Waals surface area contributed by atoms with Crippen LogP contribution in [0.3, 0.4) is 0 Å². The molecule has 140 valence electrons. The fourth-order valence-electron chi connectivity index (χ4n) is 3.50. The lowest BCUT2D eigenvalue weighted by atomic mass is 10.0. The minimum atomic E-state index is -0.855. The number of ether oxygens (including phenoxy) is 2. The van der Waals surface area contributed by atoms with Gasteiger partial charge in [0.15, 0.2) is 11.6 Å². The molecule has 1 atom stereocenters. The molecule has 0 N–H and O–H groups in total. The van der Waals surface area contributed by atoms with Crippen molar-refractivity contribution in [3.8, 4) is 17.0 Å². The molecule has 2 aromatic carbocycles. The molecule has 1 unspecified atom stereocenters. The van der Waals surface area contributed by atoms with Gasteiger partial charge in [-0.15, -0.1) is 0 Å². The van der Waals surface area contributed by atoms with Crippen molar-refractivity contribution >= 4 is 0 Å². The van der Waals surface area contributed by atoms with Crippen LogP contribution in [0.1, 0.15) is 30.1 Å². The van der Waals surface area contributed by atoms with Gasteiger partial charge >= 0.3 is 0 Å². The van der Waals surface area contributed by atoms with Crippen LogP contribution in [0.4, 0.5) is 8.78 Å². The Bertz CT molecular complexity index is 949. The smallest absolute Gasteiger partial charge is 0.163 e. The molecule has 1 aliphatic rings. The van der Waals surface area contributed by atoms with E-state index in [9.17, 15) is 8.78 Å². The first-order valence-electron chi connectivity index (χ1n) is 8.92. The van der Waals surface area contributed by atoms with E-state index >= 15 is 0 Å². The lowest BCUT2D eigenvalue weighted by Gasteiger charge is -2.16. The van der Waals surface area contributed by atoms with Gasteiger partial charge in [-0.3, -0.25) is 4.68 Å². The predicted molar refractivity (Wildman–Crippen MR) is 97.6 cm³/mol. The largest absolute Gasteiger partial charge is 0.496 e. The molecule has 0 spiro atoms. The number of hydrogen-bond acceptors (Lipinski definition) is 3. The van der Waals surface area contributed by atoms with Crippen molar-refractivity contribution in [1.29, 1.82) is 0 Å². The zero-order chi connectivity index (χ0) is 18.8. The topological polar surface area (TPSA) is 36.3 Å². The van der Waals surface area contributed by atoms with Crippen molar-refractivity contribution in [2.45, 2.75) is 25.5 Å². The molecular weight excluding hydrogens is 350 g/mol. The number of rotatable bonds is 5. The molecule has 2 heterocycles. The molecule has 0 aliphatic carbocycles. The standard InChI is InChI=1S/C21H20F2N2O2/c1-26-19-8-7-14(12-16(19)20-6-3-11-27-20)18-9-10-24-25(18)13-15-4-2-5-17(22)21(15)23/h2,4-5,7-10,12,20H,3,6,11,13H2,1H3. The van der Waals surface area contributed by atoms with Gasteiger partial charge in [-0.2, -0.15) is 5.10 Å². The Hall–Kier alpha value is -2.73. The SMILES string of the molecule is COc1ccc(-c2ccnn2Cc2cccc(F)c2F)cc1C1CCCO1. The number of nitrogens with zero attached hydrogens (tertiary/aromatic N) is 2. The van der Waals surface area contributed by atoms with Gasteiger partial charge in [0, 0.05) is 29.5 Å². The molecule has 6 heteroatoms. The van der Waals surface area contributed by atoms with E-state index < -0.39 is 11.6 Å². The fourth-order valence-corrected chi connectivity index (χ4v) is 3.50. The minimum Gasteiger partial charge on any atom is -0.496 e. The van der Waals surface area contributed by atoms with Crippen LogP contribution in [0.2, 0.25) is 0 Å². The summed E-state index contributed by atoms with van der Waals surface area (Å²) < 4.78 is 40.5. The van der Waals surface area contributed by atoms with E-state index in [0.717, 1.165) is 48.1 Å². The van der Waals surface area contributed by atoms with E-state index in [4.69, 9.17) is 9.47 Å². The molecule has 4 rings (SSSR count). The second-order valence-electron chi connectivity index (χ2n) is 6.55. The third-order valence-electron chi connectivity index (χ3n) is 4.87. The van der Waals surface area contributed by atoms with Gasteiger partial charge in [-0.05, 0) is 43.2 Å². The van der Waals surface area contributed by atoms with Crippen molar-refractivity contribution < 1.29 is 18.3 Å². The minimum absolute atomic E-state index is 0.0111. The van der Waals surface area contributed by atoms with Crippen molar-refractivity contribution in [3.05, 3.63) is 71.4 Å². The highest BCUT2D eigenvalue weighted by Gasteiger charge is 2.22. The zero-order valence-electron chi connectivity index (χ0n) is 15.0. The Morgan fingerprint density at radius 1 is 1.22 bits per heavy atom. The third-order valence-corrected chi connectivity index (χ3v) is 4.87. The number of benzene rings is 2. The van der Waals surface area contributed by atoms with Crippen LogP contribution in [0.25, 0.3) is 11.3 Å². The number of aromatic nitrogens is 2. The van der Waals surface area contributed by atoms with Gasteiger partial charge in [0.25, 0.3) is 0 Å². The molecular formula is C21H20F2N2O2. The maximum atomic E-state index is 14.0. The number of halogens is 2. The first-order valence-corrected chi connectivity index (χ1v) is 8.92. The quantitative estimate of drug-likeness (QED) is 0.651. The fraction of sp³-hybridized carbons (Fsp3) is 0.286. The first-order chi connectivity index (χ1) is 13.2. The second-order valence-corrected chi connectivity index (χ2v) is 6.55. The van der Waals surface area contributed by atoms with Gasteiger partial charge in [0.1, 0.15) is 5.75 Å². The first kappa shape index (κ1) is 17.7. The van der Waals surface area contributed by atoms with Gasteiger partial charge in [-0.1, -0.05) is 12.1 Å². The van der Waals surface area contributed by atoms with E-state index in [1.807, 2.05) is 24.3 Å². The van der Waals surface area contributed by atoms with Crippen LogP contribution in [-0.4, -0.2) is 23.5 Å². The van der Waals surface area contributed by atoms with Crippen molar-refractivity contribution in [2.75, 3.05) is 13.7 Å². The predicted octanol–water partition coefficient (Wildman–Crippen LogP) is 4.74. The summed E-state index contributed by atoms with van der Waals surface area (Å²) in [6.07, 6.45) is 3.64. The summed E-state index contributed by atoms with van der Waals surface area (Å²) >= 11 is 0. The molecule has 0 amide bonds. The van der Waals surface area contributed by atoms with E-state index in [1.54, 1.807) is 24.1 Å². The molecule has 0 radical (unpaired) electrons. The highest BCUT2D eigenvalue weighted by molar-refractivity contribution is 5.63. The third kappa shape index (κ3) is 3.45. The Morgan fingerprint density at radius 2 is 2.11 bits per heavy atom. The average Bonchev–Trinajstić information content (AvgIpc) is 3.37. The Kier molecular flexibility index (Phi) is 4.90. The van der Waals surface area contributed by atoms with Crippen LogP contribution in [-0.2, 0) is 11.3 Å². The van der Waals surface area contributed by atoms with E-state index in [1.165, 1.54) is 6.07 Å². The second kappa shape index (κ2) is 7.48. The zero-order valence-corrected chi connectivity index (χ0v) is 15.0. The van der Waals surface area contributed by atoms with Crippen LogP contribution < -0.4 is 4.74 Å². The van der Waals surface area contributed by atoms with Crippen LogP contribution in [0.15, 0.2) is 48.7 Å². The Balaban J connectivity index is 1.70. The van der Waals surface area contributed by atoms with E-state index in [0.29, 0.717) is 0 Å². The van der Waals surface area contributed by atoms with Gasteiger partial charge in [-0.25, -0.2) is 8.78 Å². The molecule has 4 nitrogen and oxygen atoms in total. The summed E-state index contributed by atoms with van der Waals surface area (Å²) in [4.78, 5) is 0. The molecule has 1 aromatic heterocycles. The maximum absolute atomic E-state index is 14.0. The molecule has 3 aromatic rings. The summed E-state index contributed by atoms with van der Waals surface area (Å²) in [6, 6.07) is 11.9. The van der Waals surface area contributed by atoms with Gasteiger partial charge in [0.2, 0.25) is 0 Å². The summed E-state index contributed by atoms with van der Waals surface area (Å²) in [7, 11) is 1.64. The monoisotopic (exact) mass is 370 g/mol. The number of methoxy groups -OCH3 is 1. The van der Waals surface area contributed by atoms with Gasteiger partial charge < -0.3 is 9.47 Å². The van der Waals surface area contributed by atoms with Crippen LogP contribution in [0, 0.1) is 11.6 Å². The highest BCUT2D eigenvalue weighted by atomic mass is 19.2. The lowest BCUT2D eigenvalue weighted by Crippen LogP contribution is -2.07. The molecule has 0 saturated carbocycles. The van der Waals surface area contributed by atoms with Crippen molar-refractivity contribution in [1.82, 2.24) is 9.78 Å². The van der Waals surface area contributed by atoms with Crippen molar-refractivity contribution in [3.63, 3.8) is 0 Å². The lowest BCUT2D eigenvalue weighted by molar-refractivity contribution is 0.109. The molecule has 1 aliphatic heterocycles. The Morgan fingerprint density at radius 3 is 2.89 bits per heavy atom. The van der Waals surface area contributed by atoms with Crippen LogP contribution >= 0.6 is 0 Å². The van der Waals surface area contributed by atoms with Crippen molar-refractivity contribution in [2.24, 2.45) is 0 Å².